The number of hydrogen-bond acceptors (Lipinski definition) is 1. The van der Waals surface area contributed by atoms with Crippen LogP contribution in [0.15, 0.2) is 24.3 Å². The van der Waals surface area contributed by atoms with Crippen molar-refractivity contribution in [2.45, 2.75) is 103 Å². The van der Waals surface area contributed by atoms with Crippen molar-refractivity contribution in [1.29, 1.82) is 0 Å². The first-order valence-corrected chi connectivity index (χ1v) is 9.77. The zero-order chi connectivity index (χ0) is 17.2. The minimum Gasteiger partial charge on any atom is -0.478 e. The van der Waals surface area contributed by atoms with E-state index in [1.165, 1.54) is 83.5 Å². The maximum absolute atomic E-state index is 10.5. The second-order valence-electron chi connectivity index (χ2n) is 6.62. The molecule has 0 saturated carbocycles. The monoisotopic (exact) mass is 322 g/mol. The summed E-state index contributed by atoms with van der Waals surface area (Å²) in [6.45, 7) is 5.75. The molecule has 0 aliphatic rings. The standard InChI is InChI=1S/C21H38O2/c1-3-4-5-6-7-8-9-10-11-12-13-14-15-16-17-18-19-20(2)21(22)23/h18-19H,2-17H2,1H3,(H,22,23). The molecule has 0 amide bonds. The van der Waals surface area contributed by atoms with E-state index in [4.69, 9.17) is 5.11 Å². The topological polar surface area (TPSA) is 37.3 Å². The van der Waals surface area contributed by atoms with Crippen molar-refractivity contribution in [1.82, 2.24) is 0 Å². The number of carbonyl (C=O) groups is 1. The van der Waals surface area contributed by atoms with E-state index >= 15 is 0 Å². The van der Waals surface area contributed by atoms with Crippen LogP contribution in [0.1, 0.15) is 103 Å². The minimum absolute atomic E-state index is 0.176. The quantitative estimate of drug-likeness (QED) is 0.177. The summed E-state index contributed by atoms with van der Waals surface area (Å²) in [5.41, 5.74) is 0.176. The normalized spacial score (nSPS) is 11.2. The van der Waals surface area contributed by atoms with Crippen LogP contribution in [0.3, 0.4) is 0 Å². The molecule has 1 N–H and O–H groups in total. The molecule has 0 aromatic carbocycles. The molecule has 0 aromatic heterocycles. The highest BCUT2D eigenvalue weighted by molar-refractivity contribution is 5.88. The number of carboxylic acids is 1. The van der Waals surface area contributed by atoms with Gasteiger partial charge in [0.25, 0.3) is 0 Å². The fraction of sp³-hybridized carbons (Fsp3) is 0.762. The zero-order valence-electron chi connectivity index (χ0n) is 15.3. The van der Waals surface area contributed by atoms with Gasteiger partial charge >= 0.3 is 5.97 Å². The molecule has 0 rings (SSSR count). The molecule has 0 fully saturated rings. The Labute approximate surface area is 144 Å². The highest BCUT2D eigenvalue weighted by atomic mass is 16.4. The van der Waals surface area contributed by atoms with Gasteiger partial charge < -0.3 is 5.11 Å². The van der Waals surface area contributed by atoms with Gasteiger partial charge in [0.2, 0.25) is 0 Å². The highest BCUT2D eigenvalue weighted by Gasteiger charge is 1.97. The van der Waals surface area contributed by atoms with Crippen molar-refractivity contribution in [3.63, 3.8) is 0 Å². The molecule has 0 saturated heterocycles. The van der Waals surface area contributed by atoms with E-state index in [-0.39, 0.29) is 5.57 Å². The lowest BCUT2D eigenvalue weighted by Crippen LogP contribution is -1.94. The lowest BCUT2D eigenvalue weighted by atomic mass is 10.0. The number of aliphatic carboxylic acids is 1. The van der Waals surface area contributed by atoms with Gasteiger partial charge in [-0.2, -0.15) is 0 Å². The molecule has 0 aromatic rings. The van der Waals surface area contributed by atoms with E-state index in [0.717, 1.165) is 12.8 Å². The van der Waals surface area contributed by atoms with Crippen LogP contribution in [-0.4, -0.2) is 11.1 Å². The van der Waals surface area contributed by atoms with Crippen LogP contribution in [0.4, 0.5) is 0 Å². The van der Waals surface area contributed by atoms with E-state index < -0.39 is 5.97 Å². The summed E-state index contributed by atoms with van der Waals surface area (Å²) in [6.07, 6.45) is 23.6. The Morgan fingerprint density at radius 1 is 0.783 bits per heavy atom. The fourth-order valence-corrected chi connectivity index (χ4v) is 2.75. The summed E-state index contributed by atoms with van der Waals surface area (Å²) in [5, 5.41) is 8.66. The summed E-state index contributed by atoms with van der Waals surface area (Å²) in [4.78, 5) is 10.5. The number of unbranched alkanes of at least 4 members (excludes halogenated alkanes) is 14. The molecular weight excluding hydrogens is 284 g/mol. The molecule has 0 heterocycles. The molecule has 23 heavy (non-hydrogen) atoms. The molecule has 0 bridgehead atoms. The van der Waals surface area contributed by atoms with Crippen LogP contribution in [0.5, 0.6) is 0 Å². The highest BCUT2D eigenvalue weighted by Crippen LogP contribution is 2.13. The van der Waals surface area contributed by atoms with Crippen molar-refractivity contribution in [2.75, 3.05) is 0 Å². The summed E-state index contributed by atoms with van der Waals surface area (Å²) in [7, 11) is 0. The first kappa shape index (κ1) is 21.9. The Hall–Kier alpha value is -1.05. The zero-order valence-corrected chi connectivity index (χ0v) is 15.3. The Bertz CT molecular complexity index is 318. The van der Waals surface area contributed by atoms with Crippen molar-refractivity contribution in [3.05, 3.63) is 24.3 Å². The number of carboxylic acid groups (broad SMARTS) is 1. The van der Waals surface area contributed by atoms with Crippen LogP contribution in [0.25, 0.3) is 0 Å². The van der Waals surface area contributed by atoms with Gasteiger partial charge in [-0.3, -0.25) is 0 Å². The molecule has 0 radical (unpaired) electrons. The molecule has 2 heteroatoms. The van der Waals surface area contributed by atoms with Crippen LogP contribution in [0, 0.1) is 0 Å². The van der Waals surface area contributed by atoms with Gasteiger partial charge in [0, 0.05) is 0 Å². The maximum atomic E-state index is 10.5. The predicted molar refractivity (Wildman–Crippen MR) is 101 cm³/mol. The van der Waals surface area contributed by atoms with Gasteiger partial charge in [0.05, 0.1) is 5.57 Å². The van der Waals surface area contributed by atoms with Gasteiger partial charge in [-0.1, -0.05) is 109 Å². The third-order valence-electron chi connectivity index (χ3n) is 4.32. The third-order valence-corrected chi connectivity index (χ3v) is 4.32. The van der Waals surface area contributed by atoms with Crippen molar-refractivity contribution in [3.8, 4) is 0 Å². The number of hydrogen-bond donors (Lipinski definition) is 1. The third kappa shape index (κ3) is 17.1. The molecule has 0 atom stereocenters. The van der Waals surface area contributed by atoms with Gasteiger partial charge in [-0.25, -0.2) is 4.79 Å². The van der Waals surface area contributed by atoms with Crippen LogP contribution in [-0.2, 0) is 4.79 Å². The smallest absolute Gasteiger partial charge is 0.335 e. The van der Waals surface area contributed by atoms with Crippen LogP contribution >= 0.6 is 0 Å². The molecular formula is C21H38O2. The largest absolute Gasteiger partial charge is 0.478 e. The molecule has 0 aliphatic carbocycles. The van der Waals surface area contributed by atoms with Crippen molar-refractivity contribution >= 4 is 5.97 Å². The Morgan fingerprint density at radius 3 is 1.57 bits per heavy atom. The second kappa shape index (κ2) is 17.3. The SMILES string of the molecule is C=C(C=CCCCCCCCCCCCCCCCC)C(=O)O. The Balaban J connectivity index is 3.13. The molecule has 2 nitrogen and oxygen atoms in total. The van der Waals surface area contributed by atoms with Gasteiger partial charge in [0.15, 0.2) is 0 Å². The van der Waals surface area contributed by atoms with E-state index in [0.29, 0.717) is 0 Å². The Morgan fingerprint density at radius 2 is 1.17 bits per heavy atom. The average Bonchev–Trinajstić information content (AvgIpc) is 2.54. The van der Waals surface area contributed by atoms with Gasteiger partial charge in [-0.15, -0.1) is 0 Å². The number of allylic oxidation sites excluding steroid dienone is 1. The van der Waals surface area contributed by atoms with Crippen molar-refractivity contribution < 1.29 is 9.90 Å². The number of rotatable bonds is 17. The molecule has 0 unspecified atom stereocenters. The lowest BCUT2D eigenvalue weighted by molar-refractivity contribution is -0.132. The summed E-state index contributed by atoms with van der Waals surface area (Å²) >= 11 is 0. The predicted octanol–water partition coefficient (Wildman–Crippen LogP) is 7.05. The fourth-order valence-electron chi connectivity index (χ4n) is 2.75. The first-order chi connectivity index (χ1) is 11.2. The average molecular weight is 323 g/mol. The Kier molecular flexibility index (Phi) is 16.5. The van der Waals surface area contributed by atoms with E-state index in [9.17, 15) is 4.79 Å². The van der Waals surface area contributed by atoms with E-state index in [1.807, 2.05) is 6.08 Å². The first-order valence-electron chi connectivity index (χ1n) is 9.77. The van der Waals surface area contributed by atoms with Crippen molar-refractivity contribution in [2.24, 2.45) is 0 Å². The summed E-state index contributed by atoms with van der Waals surface area (Å²) in [6, 6.07) is 0. The van der Waals surface area contributed by atoms with Gasteiger partial charge in [0.1, 0.15) is 0 Å². The minimum atomic E-state index is -0.929. The summed E-state index contributed by atoms with van der Waals surface area (Å²) in [5.74, 6) is -0.929. The van der Waals surface area contributed by atoms with Crippen LogP contribution < -0.4 is 0 Å². The molecule has 134 valence electrons. The molecule has 0 aliphatic heterocycles. The lowest BCUT2D eigenvalue weighted by Gasteiger charge is -2.02. The summed E-state index contributed by atoms with van der Waals surface area (Å²) < 4.78 is 0. The van der Waals surface area contributed by atoms with E-state index in [1.54, 1.807) is 6.08 Å². The maximum Gasteiger partial charge on any atom is 0.335 e. The van der Waals surface area contributed by atoms with Gasteiger partial charge in [-0.05, 0) is 12.8 Å². The van der Waals surface area contributed by atoms with Crippen LogP contribution in [0.2, 0.25) is 0 Å². The second-order valence-corrected chi connectivity index (χ2v) is 6.62. The molecule has 0 spiro atoms. The van der Waals surface area contributed by atoms with E-state index in [2.05, 4.69) is 13.5 Å².